The molecule has 0 heterocycles. The summed E-state index contributed by atoms with van der Waals surface area (Å²) in [6, 6.07) is 0. The molecule has 0 fully saturated rings. The van der Waals surface area contributed by atoms with Gasteiger partial charge in [-0.25, -0.2) is 9.13 Å². The number of ether oxygens (including phenoxy) is 3. The molecule has 16 nitrogen and oxygen atoms in total. The molecule has 0 spiro atoms. The maximum absolute atomic E-state index is 13.0. The van der Waals surface area contributed by atoms with Gasteiger partial charge in [0.25, 0.3) is 0 Å². The van der Waals surface area contributed by atoms with E-state index in [1.807, 2.05) is 0 Å². The first-order chi connectivity index (χ1) is 55.2. The number of rotatable bonds is 83. The largest absolute Gasteiger partial charge is 0.472 e. The lowest BCUT2D eigenvalue weighted by molar-refractivity contribution is -0.161. The quantitative estimate of drug-likeness (QED) is 0.0146. The van der Waals surface area contributed by atoms with Crippen LogP contribution in [0.1, 0.15) is 355 Å². The van der Waals surface area contributed by atoms with E-state index in [9.17, 15) is 43.5 Å². The Bertz CT molecular complexity index is 2730. The Labute approximate surface area is 688 Å². The van der Waals surface area contributed by atoms with Gasteiger partial charge in [-0.05, 0) is 148 Å². The third kappa shape index (κ3) is 87.6. The maximum Gasteiger partial charge on any atom is 0.472 e. The maximum atomic E-state index is 13.0. The average molecular weight is 1620 g/mol. The van der Waals surface area contributed by atoms with E-state index in [1.165, 1.54) is 109 Å². The summed E-state index contributed by atoms with van der Waals surface area (Å²) in [6.45, 7) is 2.39. The number of carbonyl (C=O) groups is 3. The van der Waals surface area contributed by atoms with Gasteiger partial charge in [0.05, 0.1) is 26.4 Å². The zero-order valence-electron chi connectivity index (χ0n) is 71.0. The smallest absolute Gasteiger partial charge is 0.463 e. The van der Waals surface area contributed by atoms with Crippen molar-refractivity contribution in [1.82, 2.24) is 0 Å². The summed E-state index contributed by atoms with van der Waals surface area (Å²) in [5.41, 5.74) is 0. The molecule has 0 aromatic carbocycles. The highest BCUT2D eigenvalue weighted by atomic mass is 31.2. The Morgan fingerprint density at radius 2 is 0.469 bits per heavy atom. The minimum Gasteiger partial charge on any atom is -0.463 e. The number of hydrogen-bond acceptors (Lipinski definition) is 14. The zero-order valence-corrected chi connectivity index (χ0v) is 72.8. The van der Waals surface area contributed by atoms with E-state index >= 15 is 0 Å². The highest BCUT2D eigenvalue weighted by Gasteiger charge is 2.29. The van der Waals surface area contributed by atoms with Gasteiger partial charge in [0, 0.05) is 19.3 Å². The molecule has 0 aliphatic heterocycles. The average Bonchev–Trinajstić information content (AvgIpc) is 0.903. The first-order valence-electron chi connectivity index (χ1n) is 44.4. The molecular formula is C95H160O16P2. The predicted molar refractivity (Wildman–Crippen MR) is 472 cm³/mol. The van der Waals surface area contributed by atoms with E-state index < -0.39 is 91.5 Å². The summed E-state index contributed by atoms with van der Waals surface area (Å²) in [5.74, 6) is -1.59. The molecule has 0 aromatic heterocycles. The number of hydrogen-bond donors (Lipinski definition) is 4. The second kappa shape index (κ2) is 86.3. The van der Waals surface area contributed by atoms with Crippen LogP contribution in [0.15, 0.2) is 170 Å². The third-order valence-electron chi connectivity index (χ3n) is 18.4. The van der Waals surface area contributed by atoms with Crippen LogP contribution in [-0.2, 0) is 55.8 Å². The van der Waals surface area contributed by atoms with Crippen LogP contribution in [0.4, 0.5) is 0 Å². The molecule has 0 amide bonds. The van der Waals surface area contributed by atoms with Gasteiger partial charge in [-0.2, -0.15) is 0 Å². The van der Waals surface area contributed by atoms with Gasteiger partial charge >= 0.3 is 33.6 Å². The van der Waals surface area contributed by atoms with Gasteiger partial charge < -0.3 is 34.2 Å². The predicted octanol–water partition coefficient (Wildman–Crippen LogP) is 27.1. The van der Waals surface area contributed by atoms with Crippen molar-refractivity contribution in [3.63, 3.8) is 0 Å². The lowest BCUT2D eigenvalue weighted by Gasteiger charge is -2.21. The molecule has 0 aliphatic carbocycles. The number of carbonyl (C=O) groups excluding carboxylic acids is 3. The first-order valence-corrected chi connectivity index (χ1v) is 47.4. The SMILES string of the molecule is CC/C=C\C/C=C\C/C=C\C/C=C\C/C=C\C/C=C\CCCCCCCCCCCCCCCCC(=O)OCC(O)COP(=O)(O)OCC(O)COP(=O)(O)OCC(COC(=O)CCCCCCCCCCCCCC/C=C\C/C=C\C/C=C\C/C=C\C/C=C\C/C=C\CC)OC(=O)CCCCCCC/C=C\C/C=C\CCC. The lowest BCUT2D eigenvalue weighted by Crippen LogP contribution is -2.30. The van der Waals surface area contributed by atoms with Crippen molar-refractivity contribution in [2.45, 2.75) is 373 Å². The molecule has 4 N–H and O–H groups in total. The zero-order chi connectivity index (χ0) is 82.2. The summed E-state index contributed by atoms with van der Waals surface area (Å²) in [6.07, 6.45) is 111. The Morgan fingerprint density at radius 1 is 0.257 bits per heavy atom. The number of aliphatic hydroxyl groups is 2. The summed E-state index contributed by atoms with van der Waals surface area (Å²) in [4.78, 5) is 58.8. The standard InChI is InChI=1S/C95H160O16P2/c1-4-7-10-13-16-19-22-25-27-29-31-33-35-37-39-41-43-44-46-48-49-51-53-55-57-59-61-64-66-69-72-75-78-81-93(98)105-84-90(96)85-107-112(101,102)108-86-91(97)87-109-113(103,104)110-89-92(111-95(100)83-80-77-74-71-68-63-24-21-18-15-12-9-6-3)88-106-94(99)82-79-76-73-70-67-65-62-60-58-56-54-52-50-47-45-42-40-38-36-34-32-30-28-26-23-20-17-14-11-8-5-2/h7-8,10-12,15-17,19-21,24-28,31-34,37-40,43-45,47,90-92,96-97H,4-6,9,13-14,18,22-23,29-30,35-36,41-42,46,48-89H2,1-3H3,(H,101,102)(H,103,104)/b10-7-,11-8-,15-12-,19-16-,20-17-,24-21-,27-25-,28-26-,33-31-,34-32-,39-37-,40-38-,44-43-,47-45-. The van der Waals surface area contributed by atoms with Gasteiger partial charge in [-0.15, -0.1) is 0 Å². The third-order valence-corrected chi connectivity index (χ3v) is 20.3. The summed E-state index contributed by atoms with van der Waals surface area (Å²) >= 11 is 0. The molecule has 0 aliphatic rings. The Kier molecular flexibility index (Phi) is 82.4. The van der Waals surface area contributed by atoms with Crippen LogP contribution >= 0.6 is 15.6 Å². The number of aliphatic hydroxyl groups excluding tert-OH is 2. The van der Waals surface area contributed by atoms with Crippen LogP contribution in [0.2, 0.25) is 0 Å². The number of esters is 3. The summed E-state index contributed by atoms with van der Waals surface area (Å²) < 4.78 is 61.3. The van der Waals surface area contributed by atoms with Crippen LogP contribution in [-0.4, -0.2) is 95.9 Å². The van der Waals surface area contributed by atoms with Gasteiger partial charge in [0.15, 0.2) is 6.10 Å². The van der Waals surface area contributed by atoms with E-state index in [4.69, 9.17) is 32.3 Å². The van der Waals surface area contributed by atoms with Gasteiger partial charge in [0.1, 0.15) is 25.4 Å². The molecule has 5 atom stereocenters. The molecule has 646 valence electrons. The fourth-order valence-electron chi connectivity index (χ4n) is 11.7. The van der Waals surface area contributed by atoms with Crippen LogP contribution in [0.25, 0.3) is 0 Å². The van der Waals surface area contributed by atoms with Crippen molar-refractivity contribution in [3.05, 3.63) is 170 Å². The molecule has 0 saturated carbocycles. The Balaban J connectivity index is 4.43. The molecule has 5 unspecified atom stereocenters. The number of phosphoric acid groups is 2. The molecule has 113 heavy (non-hydrogen) atoms. The van der Waals surface area contributed by atoms with Crippen molar-refractivity contribution < 1.29 is 75.8 Å². The molecule has 0 radical (unpaired) electrons. The van der Waals surface area contributed by atoms with E-state index in [1.54, 1.807) is 0 Å². The Hall–Kier alpha value is -5.09. The highest BCUT2D eigenvalue weighted by Crippen LogP contribution is 2.45. The van der Waals surface area contributed by atoms with E-state index in [0.29, 0.717) is 19.3 Å². The molecule has 0 rings (SSSR count). The van der Waals surface area contributed by atoms with Crippen molar-refractivity contribution in [2.24, 2.45) is 0 Å². The topological polar surface area (TPSA) is 231 Å². The second-order valence-electron chi connectivity index (χ2n) is 29.3. The summed E-state index contributed by atoms with van der Waals surface area (Å²) in [7, 11) is -9.80. The minimum atomic E-state index is -4.94. The van der Waals surface area contributed by atoms with Crippen LogP contribution in [0.5, 0.6) is 0 Å². The normalized spacial score (nSPS) is 14.6. The summed E-state index contributed by atoms with van der Waals surface area (Å²) in [5, 5.41) is 20.7. The number of unbranched alkanes of at least 4 members (excludes halogenated alkanes) is 32. The van der Waals surface area contributed by atoms with E-state index in [0.717, 1.165) is 186 Å². The number of allylic oxidation sites excluding steroid dienone is 28. The van der Waals surface area contributed by atoms with Crippen LogP contribution in [0.3, 0.4) is 0 Å². The van der Waals surface area contributed by atoms with E-state index in [-0.39, 0.29) is 19.3 Å². The molecular weight excluding hydrogens is 1460 g/mol. The minimum absolute atomic E-state index is 0.0850. The molecule has 0 saturated heterocycles. The first kappa shape index (κ1) is 108. The number of phosphoric ester groups is 2. The molecule has 0 bridgehead atoms. The Morgan fingerprint density at radius 3 is 0.743 bits per heavy atom. The van der Waals surface area contributed by atoms with Crippen molar-refractivity contribution in [1.29, 1.82) is 0 Å². The van der Waals surface area contributed by atoms with Crippen LogP contribution in [0, 0.1) is 0 Å². The van der Waals surface area contributed by atoms with Crippen molar-refractivity contribution in [2.75, 3.05) is 39.6 Å². The van der Waals surface area contributed by atoms with Crippen molar-refractivity contribution >= 4 is 33.6 Å². The van der Waals surface area contributed by atoms with Crippen molar-refractivity contribution in [3.8, 4) is 0 Å². The molecule has 0 aromatic rings. The van der Waals surface area contributed by atoms with Gasteiger partial charge in [-0.1, -0.05) is 358 Å². The fraction of sp³-hybridized carbons (Fsp3) is 0.674. The van der Waals surface area contributed by atoms with E-state index in [2.05, 4.69) is 191 Å². The highest BCUT2D eigenvalue weighted by molar-refractivity contribution is 7.47. The lowest BCUT2D eigenvalue weighted by atomic mass is 10.0. The fourth-order valence-corrected chi connectivity index (χ4v) is 13.3. The van der Waals surface area contributed by atoms with Gasteiger partial charge in [-0.3, -0.25) is 32.5 Å². The second-order valence-corrected chi connectivity index (χ2v) is 32.2. The van der Waals surface area contributed by atoms with Crippen LogP contribution < -0.4 is 0 Å². The monoisotopic (exact) mass is 1620 g/mol. The van der Waals surface area contributed by atoms with Gasteiger partial charge in [0.2, 0.25) is 0 Å². The molecule has 18 heteroatoms.